The van der Waals surface area contributed by atoms with E-state index in [1.807, 2.05) is 24.3 Å². The summed E-state index contributed by atoms with van der Waals surface area (Å²) < 4.78 is 0. The van der Waals surface area contributed by atoms with E-state index in [2.05, 4.69) is 5.32 Å². The molecule has 104 valence electrons. The zero-order valence-corrected chi connectivity index (χ0v) is 11.7. The van der Waals surface area contributed by atoms with Crippen molar-refractivity contribution in [1.29, 1.82) is 0 Å². The van der Waals surface area contributed by atoms with Gasteiger partial charge in [0.2, 0.25) is 0 Å². The maximum absolute atomic E-state index is 10.6. The van der Waals surface area contributed by atoms with Crippen LogP contribution in [0.3, 0.4) is 0 Å². The molecule has 1 aliphatic carbocycles. The van der Waals surface area contributed by atoms with Crippen LogP contribution >= 0.6 is 11.6 Å². The van der Waals surface area contributed by atoms with E-state index < -0.39 is 5.97 Å². The van der Waals surface area contributed by atoms with E-state index in [9.17, 15) is 4.79 Å². The molecule has 4 heteroatoms. The zero-order valence-electron chi connectivity index (χ0n) is 10.9. The number of hydrogen-bond donors (Lipinski definition) is 2. The minimum atomic E-state index is -0.756. The van der Waals surface area contributed by atoms with Gasteiger partial charge in [0.25, 0.3) is 0 Å². The second-order valence-corrected chi connectivity index (χ2v) is 5.61. The summed E-state index contributed by atoms with van der Waals surface area (Å²) in [5, 5.41) is 12.9. The Balaban J connectivity index is 2.04. The molecule has 0 aromatic heterocycles. The number of aliphatic carboxylic acids is 1. The first-order valence-electron chi connectivity index (χ1n) is 6.87. The highest BCUT2D eigenvalue weighted by Crippen LogP contribution is 2.35. The predicted molar refractivity (Wildman–Crippen MR) is 76.4 cm³/mol. The molecule has 2 rings (SSSR count). The van der Waals surface area contributed by atoms with E-state index in [1.54, 1.807) is 0 Å². The SMILES string of the molecule is O=C(O)CCNC(c1ccc(Cl)cc1)C1CCCC1. The van der Waals surface area contributed by atoms with E-state index in [0.717, 1.165) is 5.02 Å². The smallest absolute Gasteiger partial charge is 0.304 e. The average molecular weight is 282 g/mol. The Hall–Kier alpha value is -1.06. The van der Waals surface area contributed by atoms with Gasteiger partial charge in [0.15, 0.2) is 0 Å². The van der Waals surface area contributed by atoms with E-state index in [0.29, 0.717) is 12.5 Å². The van der Waals surface area contributed by atoms with E-state index in [4.69, 9.17) is 16.7 Å². The molecule has 19 heavy (non-hydrogen) atoms. The highest BCUT2D eigenvalue weighted by Gasteiger charge is 2.25. The molecule has 3 nitrogen and oxygen atoms in total. The Kier molecular flexibility index (Phi) is 5.23. The summed E-state index contributed by atoms with van der Waals surface area (Å²) in [6.07, 6.45) is 5.14. The number of nitrogens with one attached hydrogen (secondary N) is 1. The van der Waals surface area contributed by atoms with Crippen LogP contribution in [0.5, 0.6) is 0 Å². The van der Waals surface area contributed by atoms with Crippen molar-refractivity contribution >= 4 is 17.6 Å². The first-order chi connectivity index (χ1) is 9.16. The van der Waals surface area contributed by atoms with Gasteiger partial charge < -0.3 is 10.4 Å². The van der Waals surface area contributed by atoms with Crippen molar-refractivity contribution in [3.63, 3.8) is 0 Å². The third-order valence-corrected chi connectivity index (χ3v) is 4.06. The van der Waals surface area contributed by atoms with Crippen molar-refractivity contribution in [3.8, 4) is 0 Å². The molecule has 0 aliphatic heterocycles. The highest BCUT2D eigenvalue weighted by molar-refractivity contribution is 6.30. The van der Waals surface area contributed by atoms with Gasteiger partial charge in [-0.2, -0.15) is 0 Å². The average Bonchev–Trinajstić information content (AvgIpc) is 2.89. The molecular weight excluding hydrogens is 262 g/mol. The van der Waals surface area contributed by atoms with E-state index >= 15 is 0 Å². The third kappa shape index (κ3) is 4.22. The van der Waals surface area contributed by atoms with Crippen LogP contribution in [0.2, 0.25) is 5.02 Å². The first-order valence-corrected chi connectivity index (χ1v) is 7.25. The van der Waals surface area contributed by atoms with Gasteiger partial charge in [-0.05, 0) is 36.5 Å². The highest BCUT2D eigenvalue weighted by atomic mass is 35.5. The Morgan fingerprint density at radius 1 is 1.32 bits per heavy atom. The van der Waals surface area contributed by atoms with Crippen molar-refractivity contribution in [2.24, 2.45) is 5.92 Å². The molecule has 1 unspecified atom stereocenters. The van der Waals surface area contributed by atoms with Gasteiger partial charge in [0.05, 0.1) is 6.42 Å². The maximum atomic E-state index is 10.6. The number of rotatable bonds is 6. The molecule has 0 radical (unpaired) electrons. The Labute approximate surface area is 119 Å². The second kappa shape index (κ2) is 6.92. The molecule has 0 amide bonds. The van der Waals surface area contributed by atoms with Crippen molar-refractivity contribution < 1.29 is 9.90 Å². The normalized spacial score (nSPS) is 17.5. The summed E-state index contributed by atoms with van der Waals surface area (Å²) in [6.45, 7) is 0.513. The zero-order chi connectivity index (χ0) is 13.7. The predicted octanol–water partition coefficient (Wildman–Crippen LogP) is 3.64. The maximum Gasteiger partial charge on any atom is 0.304 e. The van der Waals surface area contributed by atoms with E-state index in [-0.39, 0.29) is 12.5 Å². The molecule has 1 fully saturated rings. The fourth-order valence-electron chi connectivity index (χ4n) is 2.85. The minimum Gasteiger partial charge on any atom is -0.481 e. The molecule has 1 saturated carbocycles. The van der Waals surface area contributed by atoms with Gasteiger partial charge in [0.1, 0.15) is 0 Å². The lowest BCUT2D eigenvalue weighted by Crippen LogP contribution is -2.29. The van der Waals surface area contributed by atoms with Crippen LogP contribution in [0.25, 0.3) is 0 Å². The number of halogens is 1. The van der Waals surface area contributed by atoms with Crippen LogP contribution in [0.15, 0.2) is 24.3 Å². The summed E-state index contributed by atoms with van der Waals surface area (Å²) in [5.74, 6) is -0.149. The monoisotopic (exact) mass is 281 g/mol. The Morgan fingerprint density at radius 2 is 1.95 bits per heavy atom. The van der Waals surface area contributed by atoms with E-state index in [1.165, 1.54) is 31.2 Å². The molecule has 0 bridgehead atoms. The number of hydrogen-bond acceptors (Lipinski definition) is 2. The molecule has 0 spiro atoms. The van der Waals surface area contributed by atoms with Crippen molar-refractivity contribution in [3.05, 3.63) is 34.9 Å². The second-order valence-electron chi connectivity index (χ2n) is 5.17. The number of carbonyl (C=O) groups is 1. The lowest BCUT2D eigenvalue weighted by atomic mass is 9.91. The Bertz CT molecular complexity index is 413. The first kappa shape index (κ1) is 14.4. The fourth-order valence-corrected chi connectivity index (χ4v) is 2.98. The number of carboxylic acid groups (broad SMARTS) is 1. The Morgan fingerprint density at radius 3 is 2.53 bits per heavy atom. The van der Waals surface area contributed by atoms with Crippen LogP contribution in [-0.2, 0) is 4.79 Å². The molecule has 2 N–H and O–H groups in total. The molecule has 1 atom stereocenters. The molecule has 0 saturated heterocycles. The van der Waals surface area contributed by atoms with Gasteiger partial charge >= 0.3 is 5.97 Å². The summed E-state index contributed by atoms with van der Waals surface area (Å²) in [6, 6.07) is 8.13. The largest absolute Gasteiger partial charge is 0.481 e. The molecule has 1 aromatic carbocycles. The van der Waals surface area contributed by atoms with Gasteiger partial charge in [0, 0.05) is 17.6 Å². The van der Waals surface area contributed by atoms with Gasteiger partial charge in [-0.25, -0.2) is 0 Å². The quantitative estimate of drug-likeness (QED) is 0.837. The molecule has 1 aliphatic rings. The fraction of sp³-hybridized carbons (Fsp3) is 0.533. The van der Waals surface area contributed by atoms with Crippen LogP contribution in [0.4, 0.5) is 0 Å². The van der Waals surface area contributed by atoms with Crippen molar-refractivity contribution in [2.75, 3.05) is 6.54 Å². The lowest BCUT2D eigenvalue weighted by molar-refractivity contribution is -0.136. The van der Waals surface area contributed by atoms with Crippen LogP contribution < -0.4 is 5.32 Å². The van der Waals surface area contributed by atoms with Crippen molar-refractivity contribution in [1.82, 2.24) is 5.32 Å². The summed E-state index contributed by atoms with van der Waals surface area (Å²) >= 11 is 5.92. The van der Waals surface area contributed by atoms with Crippen LogP contribution in [-0.4, -0.2) is 17.6 Å². The van der Waals surface area contributed by atoms with Crippen LogP contribution in [0.1, 0.15) is 43.7 Å². The third-order valence-electron chi connectivity index (χ3n) is 3.80. The molecular formula is C15H20ClNO2. The summed E-state index contributed by atoms with van der Waals surface area (Å²) in [5.41, 5.74) is 1.21. The standard InChI is InChI=1S/C15H20ClNO2/c16-13-7-5-12(6-8-13)15(11-3-1-2-4-11)17-10-9-14(18)19/h5-8,11,15,17H,1-4,9-10H2,(H,18,19). The summed E-state index contributed by atoms with van der Waals surface area (Å²) in [7, 11) is 0. The lowest BCUT2D eigenvalue weighted by Gasteiger charge is -2.25. The van der Waals surface area contributed by atoms with Crippen molar-refractivity contribution in [2.45, 2.75) is 38.1 Å². The minimum absolute atomic E-state index is 0.164. The molecule has 1 aromatic rings. The van der Waals surface area contributed by atoms with Gasteiger partial charge in [-0.3, -0.25) is 4.79 Å². The summed E-state index contributed by atoms with van der Waals surface area (Å²) in [4.78, 5) is 10.6. The number of benzene rings is 1. The number of carboxylic acids is 1. The van der Waals surface area contributed by atoms with Gasteiger partial charge in [-0.15, -0.1) is 0 Å². The molecule has 0 heterocycles. The van der Waals surface area contributed by atoms with Gasteiger partial charge in [-0.1, -0.05) is 36.6 Å². The topological polar surface area (TPSA) is 49.3 Å². The van der Waals surface area contributed by atoms with Crippen LogP contribution in [0, 0.1) is 5.92 Å².